The van der Waals surface area contributed by atoms with Crippen molar-refractivity contribution >= 4 is 33.2 Å². The van der Waals surface area contributed by atoms with Crippen LogP contribution in [0.15, 0.2) is 22.7 Å². The fraction of sp³-hybridized carbons (Fsp3) is 0.462. The number of nitro benzene ring substituents is 1. The Morgan fingerprint density at radius 1 is 1.45 bits per heavy atom. The molecule has 1 aliphatic rings. The number of nitro groups is 1. The van der Waals surface area contributed by atoms with Crippen LogP contribution in [0.2, 0.25) is 0 Å². The van der Waals surface area contributed by atoms with Gasteiger partial charge in [-0.15, -0.1) is 0 Å². The van der Waals surface area contributed by atoms with Crippen LogP contribution in [0.1, 0.15) is 25.7 Å². The Morgan fingerprint density at radius 2 is 2.20 bits per heavy atom. The quantitative estimate of drug-likeness (QED) is 0.652. The third-order valence-electron chi connectivity index (χ3n) is 3.51. The molecule has 1 saturated carbocycles. The van der Waals surface area contributed by atoms with Crippen molar-refractivity contribution in [3.05, 3.63) is 32.8 Å². The number of nitrogens with zero attached hydrogens (tertiary/aromatic N) is 1. The molecule has 1 aromatic carbocycles. The van der Waals surface area contributed by atoms with Crippen molar-refractivity contribution in [2.24, 2.45) is 11.7 Å². The molecule has 0 aromatic heterocycles. The first-order valence-corrected chi connectivity index (χ1v) is 7.27. The SMILES string of the molecule is NC1CCCC(C(=O)Nc2ccc([N+](=O)[O-])cc2Br)C1. The minimum Gasteiger partial charge on any atom is -0.328 e. The van der Waals surface area contributed by atoms with Gasteiger partial charge in [0.1, 0.15) is 0 Å². The van der Waals surface area contributed by atoms with E-state index in [1.807, 2.05) is 0 Å². The average Bonchev–Trinajstić information content (AvgIpc) is 2.40. The molecule has 0 saturated heterocycles. The molecule has 0 spiro atoms. The van der Waals surface area contributed by atoms with Crippen molar-refractivity contribution in [1.29, 1.82) is 0 Å². The van der Waals surface area contributed by atoms with Gasteiger partial charge in [0, 0.05) is 28.6 Å². The van der Waals surface area contributed by atoms with E-state index in [1.54, 1.807) is 0 Å². The molecule has 20 heavy (non-hydrogen) atoms. The van der Waals surface area contributed by atoms with E-state index in [1.165, 1.54) is 18.2 Å². The van der Waals surface area contributed by atoms with Crippen molar-refractivity contribution in [3.8, 4) is 0 Å². The molecular formula is C13H16BrN3O3. The highest BCUT2D eigenvalue weighted by atomic mass is 79.9. The normalized spacial score (nSPS) is 22.3. The molecule has 2 atom stereocenters. The number of hydrogen-bond donors (Lipinski definition) is 2. The van der Waals surface area contributed by atoms with Crippen LogP contribution in [0.4, 0.5) is 11.4 Å². The molecule has 3 N–H and O–H groups in total. The van der Waals surface area contributed by atoms with Crippen molar-refractivity contribution < 1.29 is 9.72 Å². The number of anilines is 1. The van der Waals surface area contributed by atoms with Gasteiger partial charge in [0.2, 0.25) is 5.91 Å². The van der Waals surface area contributed by atoms with Gasteiger partial charge in [-0.25, -0.2) is 0 Å². The minimum atomic E-state index is -0.476. The first-order valence-electron chi connectivity index (χ1n) is 6.47. The zero-order valence-corrected chi connectivity index (χ0v) is 12.4. The number of carbonyl (C=O) groups excluding carboxylic acids is 1. The molecule has 0 aliphatic heterocycles. The largest absolute Gasteiger partial charge is 0.328 e. The molecule has 1 amide bonds. The number of benzene rings is 1. The summed E-state index contributed by atoms with van der Waals surface area (Å²) in [5, 5.41) is 13.5. The standard InChI is InChI=1S/C13H16BrN3O3/c14-11-7-10(17(19)20)4-5-12(11)16-13(18)8-2-1-3-9(15)6-8/h4-5,7-9H,1-3,6,15H2,(H,16,18). The summed E-state index contributed by atoms with van der Waals surface area (Å²) in [5.74, 6) is -0.157. The van der Waals surface area contributed by atoms with E-state index in [-0.39, 0.29) is 23.6 Å². The van der Waals surface area contributed by atoms with Gasteiger partial charge >= 0.3 is 0 Å². The molecule has 2 rings (SSSR count). The fourth-order valence-corrected chi connectivity index (χ4v) is 2.89. The summed E-state index contributed by atoms with van der Waals surface area (Å²) in [6, 6.07) is 4.36. The molecule has 0 heterocycles. The van der Waals surface area contributed by atoms with Crippen LogP contribution in [-0.4, -0.2) is 16.9 Å². The van der Waals surface area contributed by atoms with Crippen LogP contribution in [0.3, 0.4) is 0 Å². The highest BCUT2D eigenvalue weighted by molar-refractivity contribution is 9.10. The number of amides is 1. The van der Waals surface area contributed by atoms with E-state index in [0.717, 1.165) is 19.3 Å². The number of halogens is 1. The first kappa shape index (κ1) is 14.9. The van der Waals surface area contributed by atoms with E-state index in [9.17, 15) is 14.9 Å². The Hall–Kier alpha value is -1.47. The Bertz CT molecular complexity index is 536. The summed E-state index contributed by atoms with van der Waals surface area (Å²) in [5.41, 5.74) is 6.40. The summed E-state index contributed by atoms with van der Waals surface area (Å²) < 4.78 is 0.500. The maximum Gasteiger partial charge on any atom is 0.270 e. The van der Waals surface area contributed by atoms with Crippen molar-refractivity contribution in [1.82, 2.24) is 0 Å². The van der Waals surface area contributed by atoms with Crippen LogP contribution in [0, 0.1) is 16.0 Å². The number of non-ortho nitro benzene ring substituents is 1. The number of nitrogens with two attached hydrogens (primary N) is 1. The second-order valence-corrected chi connectivity index (χ2v) is 5.89. The van der Waals surface area contributed by atoms with E-state index in [2.05, 4.69) is 21.2 Å². The topological polar surface area (TPSA) is 98.3 Å². The molecule has 1 fully saturated rings. The second kappa shape index (κ2) is 6.32. The van der Waals surface area contributed by atoms with Gasteiger partial charge in [0.05, 0.1) is 10.6 Å². The van der Waals surface area contributed by atoms with Crippen LogP contribution >= 0.6 is 15.9 Å². The van der Waals surface area contributed by atoms with Gasteiger partial charge < -0.3 is 11.1 Å². The lowest BCUT2D eigenvalue weighted by molar-refractivity contribution is -0.384. The summed E-state index contributed by atoms with van der Waals surface area (Å²) in [6.45, 7) is 0. The highest BCUT2D eigenvalue weighted by Crippen LogP contribution is 2.29. The number of hydrogen-bond acceptors (Lipinski definition) is 4. The summed E-state index contributed by atoms with van der Waals surface area (Å²) in [6.07, 6.45) is 3.45. The van der Waals surface area contributed by atoms with Gasteiger partial charge in [-0.3, -0.25) is 14.9 Å². The number of carbonyl (C=O) groups is 1. The third-order valence-corrected chi connectivity index (χ3v) is 4.16. The predicted octanol–water partition coefficient (Wildman–Crippen LogP) is 2.81. The maximum atomic E-state index is 12.2. The molecule has 2 unspecified atom stereocenters. The van der Waals surface area contributed by atoms with Crippen molar-refractivity contribution in [2.75, 3.05) is 5.32 Å². The number of rotatable bonds is 3. The van der Waals surface area contributed by atoms with Crippen LogP contribution in [-0.2, 0) is 4.79 Å². The zero-order valence-electron chi connectivity index (χ0n) is 10.8. The summed E-state index contributed by atoms with van der Waals surface area (Å²) in [7, 11) is 0. The molecule has 1 aromatic rings. The smallest absolute Gasteiger partial charge is 0.270 e. The van der Waals surface area contributed by atoms with Crippen molar-refractivity contribution in [2.45, 2.75) is 31.7 Å². The van der Waals surface area contributed by atoms with Crippen LogP contribution in [0.5, 0.6) is 0 Å². The summed E-state index contributed by atoms with van der Waals surface area (Å²) in [4.78, 5) is 22.3. The zero-order chi connectivity index (χ0) is 14.7. The Kier molecular flexibility index (Phi) is 4.72. The van der Waals surface area contributed by atoms with E-state index in [4.69, 9.17) is 5.73 Å². The third kappa shape index (κ3) is 3.55. The lowest BCUT2D eigenvalue weighted by Crippen LogP contribution is -2.34. The average molecular weight is 342 g/mol. The van der Waals surface area contributed by atoms with Crippen molar-refractivity contribution in [3.63, 3.8) is 0 Å². The fourth-order valence-electron chi connectivity index (χ4n) is 2.42. The first-order chi connectivity index (χ1) is 9.47. The van der Waals surface area contributed by atoms with E-state index < -0.39 is 4.92 Å². The van der Waals surface area contributed by atoms with Gasteiger partial charge in [0.25, 0.3) is 5.69 Å². The maximum absolute atomic E-state index is 12.2. The Labute approximate surface area is 125 Å². The van der Waals surface area contributed by atoms with Gasteiger partial charge in [-0.05, 0) is 41.3 Å². The molecule has 6 nitrogen and oxygen atoms in total. The second-order valence-electron chi connectivity index (χ2n) is 5.03. The Morgan fingerprint density at radius 3 is 2.80 bits per heavy atom. The van der Waals surface area contributed by atoms with E-state index in [0.29, 0.717) is 16.6 Å². The van der Waals surface area contributed by atoms with Crippen LogP contribution < -0.4 is 11.1 Å². The highest BCUT2D eigenvalue weighted by Gasteiger charge is 2.25. The van der Waals surface area contributed by atoms with Gasteiger partial charge in [-0.1, -0.05) is 6.42 Å². The lowest BCUT2D eigenvalue weighted by Gasteiger charge is -2.25. The van der Waals surface area contributed by atoms with Gasteiger partial charge in [-0.2, -0.15) is 0 Å². The minimum absolute atomic E-state index is 0.0189. The Balaban J connectivity index is 2.06. The molecule has 0 bridgehead atoms. The molecular weight excluding hydrogens is 326 g/mol. The van der Waals surface area contributed by atoms with E-state index >= 15 is 0 Å². The molecule has 108 valence electrons. The summed E-state index contributed by atoms with van der Waals surface area (Å²) >= 11 is 3.24. The molecule has 1 aliphatic carbocycles. The van der Waals surface area contributed by atoms with Gasteiger partial charge in [0.15, 0.2) is 0 Å². The van der Waals surface area contributed by atoms with Crippen LogP contribution in [0.25, 0.3) is 0 Å². The lowest BCUT2D eigenvalue weighted by atomic mass is 9.85. The monoisotopic (exact) mass is 341 g/mol. The predicted molar refractivity (Wildman–Crippen MR) is 79.4 cm³/mol. The molecule has 7 heteroatoms. The number of nitrogens with one attached hydrogen (secondary N) is 1. The molecule has 0 radical (unpaired) electrons.